The first-order valence-corrected chi connectivity index (χ1v) is 25.5. The Kier molecular flexibility index (Phi) is 36.1. The van der Waals surface area contributed by atoms with Gasteiger partial charge in [0.25, 0.3) is 8.32 Å². The molecule has 0 N–H and O–H groups in total. The Morgan fingerprint density at radius 2 is 0.557 bits per heavy atom. The number of hydrogen-bond acceptors (Lipinski definition) is 11. The summed E-state index contributed by atoms with van der Waals surface area (Å²) in [7, 11) is -2.54. The summed E-state index contributed by atoms with van der Waals surface area (Å²) in [6, 6.07) is 21.3. The molecule has 0 heterocycles. The maximum atomic E-state index is 6.86. The minimum absolute atomic E-state index is 0.0552. The van der Waals surface area contributed by atoms with E-state index in [4.69, 9.17) is 51.8 Å². The third kappa shape index (κ3) is 28.6. The second kappa shape index (κ2) is 39.8. The van der Waals surface area contributed by atoms with Crippen LogP contribution in [0.15, 0.2) is 60.7 Å². The zero-order valence-electron chi connectivity index (χ0n) is 38.9. The van der Waals surface area contributed by atoms with E-state index in [-0.39, 0.29) is 5.04 Å². The molecule has 0 aromatic heterocycles. The third-order valence-electron chi connectivity index (χ3n) is 10.2. The van der Waals surface area contributed by atoms with Crippen LogP contribution in [0.4, 0.5) is 0 Å². The number of rotatable bonds is 45. The molecule has 11 nitrogen and oxygen atoms in total. The number of unbranched alkanes of at least 4 members (excludes halogenated alkanes) is 10. The van der Waals surface area contributed by atoms with Crippen LogP contribution in [0.1, 0.15) is 98.3 Å². The summed E-state index contributed by atoms with van der Waals surface area (Å²) in [4.78, 5) is 0. The fourth-order valence-electron chi connectivity index (χ4n) is 6.96. The van der Waals surface area contributed by atoms with E-state index in [0.29, 0.717) is 132 Å². The van der Waals surface area contributed by atoms with E-state index < -0.39 is 8.32 Å². The van der Waals surface area contributed by atoms with Gasteiger partial charge in [-0.1, -0.05) is 153 Å². The van der Waals surface area contributed by atoms with Crippen molar-refractivity contribution in [1.82, 2.24) is 0 Å². The summed E-state index contributed by atoms with van der Waals surface area (Å²) in [6.45, 7) is 20.6. The highest BCUT2D eigenvalue weighted by atomic mass is 28.4. The van der Waals surface area contributed by atoms with Crippen LogP contribution in [0.2, 0.25) is 5.04 Å². The minimum atomic E-state index is -2.54. The first kappa shape index (κ1) is 55.3. The SMILES string of the molecule is CCCCCCCCCCCCCOCCOCCOCCOCCOCCOCCOCCOCCOCCOCCO[Si](c1ccccc1)(c1ccccc1)C(C)(C)C. The monoisotopic (exact) mass is 879 g/mol. The lowest BCUT2D eigenvalue weighted by atomic mass is 10.1. The Balaban J connectivity index is 1.24. The van der Waals surface area contributed by atoms with Crippen LogP contribution in [-0.4, -0.2) is 147 Å². The van der Waals surface area contributed by atoms with Gasteiger partial charge >= 0.3 is 0 Å². The first-order chi connectivity index (χ1) is 30.0. The Bertz CT molecular complexity index is 1150. The molecule has 2 rings (SSSR count). The van der Waals surface area contributed by atoms with Crippen molar-refractivity contribution in [3.63, 3.8) is 0 Å². The predicted octanol–water partition coefficient (Wildman–Crippen LogP) is 8.04. The Morgan fingerprint density at radius 3 is 0.836 bits per heavy atom. The van der Waals surface area contributed by atoms with E-state index in [0.717, 1.165) is 13.0 Å². The molecule has 0 unspecified atom stereocenters. The zero-order valence-corrected chi connectivity index (χ0v) is 39.9. The number of ether oxygens (including phenoxy) is 10. The quantitative estimate of drug-likeness (QED) is 0.0478. The first-order valence-electron chi connectivity index (χ1n) is 23.5. The third-order valence-corrected chi connectivity index (χ3v) is 15.2. The molecule has 0 aliphatic heterocycles. The van der Waals surface area contributed by atoms with Crippen molar-refractivity contribution in [1.29, 1.82) is 0 Å². The van der Waals surface area contributed by atoms with Crippen LogP contribution in [0.3, 0.4) is 0 Å². The number of benzene rings is 2. The van der Waals surface area contributed by atoms with Gasteiger partial charge < -0.3 is 51.8 Å². The molecule has 0 amide bonds. The molecule has 0 aliphatic rings. The smallest absolute Gasteiger partial charge is 0.261 e. The molecule has 0 saturated heterocycles. The van der Waals surface area contributed by atoms with Crippen molar-refractivity contribution in [2.75, 3.05) is 139 Å². The van der Waals surface area contributed by atoms with Crippen LogP contribution in [0, 0.1) is 0 Å². The van der Waals surface area contributed by atoms with Gasteiger partial charge in [0.2, 0.25) is 0 Å². The van der Waals surface area contributed by atoms with Crippen LogP contribution in [0.25, 0.3) is 0 Å². The molecule has 0 saturated carbocycles. The largest absolute Gasteiger partial charge is 0.405 e. The van der Waals surface area contributed by atoms with Gasteiger partial charge in [-0.3, -0.25) is 0 Å². The van der Waals surface area contributed by atoms with Crippen molar-refractivity contribution in [2.24, 2.45) is 0 Å². The molecule has 0 fully saturated rings. The van der Waals surface area contributed by atoms with E-state index in [1.807, 2.05) is 0 Å². The molecule has 352 valence electrons. The molecular weight excluding hydrogens is 793 g/mol. The summed E-state index contributed by atoms with van der Waals surface area (Å²) in [5, 5.41) is 2.49. The molecule has 61 heavy (non-hydrogen) atoms. The Labute approximate surface area is 372 Å². The standard InChI is InChI=1S/C49H86O11Si/c1-5-6-7-8-9-10-11-12-13-14-21-26-50-27-28-51-29-30-52-31-32-53-33-34-54-35-36-55-37-38-56-39-40-57-41-42-58-43-44-59-45-46-60-61(49(2,3)4,47-22-17-15-18-23-47)48-24-19-16-20-25-48/h15-20,22-25H,5-14,21,26-46H2,1-4H3. The summed E-state index contributed by atoms with van der Waals surface area (Å²) in [6.07, 6.45) is 14.9. The highest BCUT2D eigenvalue weighted by Crippen LogP contribution is 2.36. The second-order valence-electron chi connectivity index (χ2n) is 16.2. The lowest BCUT2D eigenvalue weighted by Gasteiger charge is -2.43. The molecule has 2 aromatic rings. The van der Waals surface area contributed by atoms with Gasteiger partial charge in [0.15, 0.2) is 0 Å². The summed E-state index contributed by atoms with van der Waals surface area (Å²) >= 11 is 0. The molecule has 12 heteroatoms. The maximum Gasteiger partial charge on any atom is 0.261 e. The normalized spacial score (nSPS) is 12.1. The van der Waals surface area contributed by atoms with Crippen LogP contribution >= 0.6 is 0 Å². The lowest BCUT2D eigenvalue weighted by molar-refractivity contribution is -0.0267. The second-order valence-corrected chi connectivity index (χ2v) is 20.5. The fourth-order valence-corrected chi connectivity index (χ4v) is 11.5. The van der Waals surface area contributed by atoms with Crippen molar-refractivity contribution in [3.05, 3.63) is 60.7 Å². The van der Waals surface area contributed by atoms with Crippen LogP contribution < -0.4 is 10.4 Å². The van der Waals surface area contributed by atoms with E-state index in [1.165, 1.54) is 74.6 Å². The minimum Gasteiger partial charge on any atom is -0.405 e. The van der Waals surface area contributed by atoms with Gasteiger partial charge in [0, 0.05) is 6.61 Å². The maximum absolute atomic E-state index is 6.86. The van der Waals surface area contributed by atoms with Gasteiger partial charge in [-0.15, -0.1) is 0 Å². The lowest BCUT2D eigenvalue weighted by Crippen LogP contribution is -2.66. The highest BCUT2D eigenvalue weighted by molar-refractivity contribution is 6.99. The van der Waals surface area contributed by atoms with Crippen molar-refractivity contribution in [2.45, 2.75) is 103 Å². The van der Waals surface area contributed by atoms with E-state index in [9.17, 15) is 0 Å². The number of hydrogen-bond donors (Lipinski definition) is 0. The molecule has 0 aliphatic carbocycles. The molecule has 2 aromatic carbocycles. The predicted molar refractivity (Wildman–Crippen MR) is 248 cm³/mol. The molecular formula is C49H86O11Si. The highest BCUT2D eigenvalue weighted by Gasteiger charge is 2.50. The summed E-state index contributed by atoms with van der Waals surface area (Å²) < 4.78 is 63.0. The molecule has 0 radical (unpaired) electrons. The van der Waals surface area contributed by atoms with Gasteiger partial charge in [0.05, 0.1) is 132 Å². The Morgan fingerprint density at radius 1 is 0.311 bits per heavy atom. The van der Waals surface area contributed by atoms with Crippen molar-refractivity contribution in [3.8, 4) is 0 Å². The molecule has 0 atom stereocenters. The molecule has 0 bridgehead atoms. The van der Waals surface area contributed by atoms with Gasteiger partial charge in [0.1, 0.15) is 0 Å². The Hall–Kier alpha value is -1.78. The van der Waals surface area contributed by atoms with Crippen molar-refractivity contribution < 1.29 is 51.8 Å². The van der Waals surface area contributed by atoms with Gasteiger partial charge in [-0.25, -0.2) is 0 Å². The van der Waals surface area contributed by atoms with Crippen LogP contribution in [-0.2, 0) is 51.8 Å². The van der Waals surface area contributed by atoms with Gasteiger partial charge in [-0.05, 0) is 21.8 Å². The van der Waals surface area contributed by atoms with E-state index in [2.05, 4.69) is 88.4 Å². The zero-order chi connectivity index (χ0) is 43.6. The fraction of sp³-hybridized carbons (Fsp3) is 0.755. The molecule has 0 spiro atoms. The van der Waals surface area contributed by atoms with Crippen molar-refractivity contribution >= 4 is 18.7 Å². The van der Waals surface area contributed by atoms with E-state index in [1.54, 1.807) is 0 Å². The summed E-state index contributed by atoms with van der Waals surface area (Å²) in [5.41, 5.74) is 0. The average Bonchev–Trinajstić information content (AvgIpc) is 3.27. The van der Waals surface area contributed by atoms with E-state index >= 15 is 0 Å². The average molecular weight is 879 g/mol. The summed E-state index contributed by atoms with van der Waals surface area (Å²) in [5.74, 6) is 0. The van der Waals surface area contributed by atoms with Crippen LogP contribution in [0.5, 0.6) is 0 Å². The topological polar surface area (TPSA) is 102 Å². The van der Waals surface area contributed by atoms with Gasteiger partial charge in [-0.2, -0.15) is 0 Å².